The quantitative estimate of drug-likeness (QED) is 0.536. The van der Waals surface area contributed by atoms with E-state index in [0.29, 0.717) is 22.8 Å². The van der Waals surface area contributed by atoms with Crippen molar-refractivity contribution in [3.05, 3.63) is 64.8 Å². The molecule has 0 radical (unpaired) electrons. The van der Waals surface area contributed by atoms with Crippen molar-refractivity contribution in [2.45, 2.75) is 23.7 Å². The summed E-state index contributed by atoms with van der Waals surface area (Å²) in [6.07, 6.45) is 0. The van der Waals surface area contributed by atoms with E-state index in [2.05, 4.69) is 20.8 Å². The van der Waals surface area contributed by atoms with Crippen LogP contribution in [0.5, 0.6) is 11.5 Å². The van der Waals surface area contributed by atoms with E-state index in [4.69, 9.17) is 9.47 Å². The fourth-order valence-corrected chi connectivity index (χ4v) is 5.23. The number of nitrogens with zero attached hydrogens (tertiary/aromatic N) is 1. The topological polar surface area (TPSA) is 122 Å². The molecule has 2 heterocycles. The minimum absolute atomic E-state index is 0.221. The summed E-state index contributed by atoms with van der Waals surface area (Å²) >= 11 is 0. The molecule has 1 aliphatic rings. The fourth-order valence-electron chi connectivity index (χ4n) is 3.53. The van der Waals surface area contributed by atoms with Crippen molar-refractivity contribution in [2.75, 3.05) is 19.5 Å². The van der Waals surface area contributed by atoms with Gasteiger partial charge in [0.05, 0.1) is 30.4 Å². The first-order chi connectivity index (χ1) is 14.8. The van der Waals surface area contributed by atoms with Gasteiger partial charge >= 0.3 is 0 Å². The molecule has 3 N–H and O–H groups in total. The van der Waals surface area contributed by atoms with Crippen LogP contribution in [-0.4, -0.2) is 38.7 Å². The first-order valence-electron chi connectivity index (χ1n) is 9.49. The number of carbonyl (C=O) groups is 1. The molecule has 31 heavy (non-hydrogen) atoms. The Labute approximate surface area is 179 Å². The number of aromatic nitrogens is 2. The zero-order valence-corrected chi connectivity index (χ0v) is 18.0. The van der Waals surface area contributed by atoms with E-state index in [-0.39, 0.29) is 22.8 Å². The Balaban J connectivity index is 1.62. The lowest BCUT2D eigenvalue weighted by atomic mass is 10.1. The Morgan fingerprint density at radius 3 is 2.68 bits per heavy atom. The number of carbonyl (C=O) groups excluding carboxylic acids is 1. The van der Waals surface area contributed by atoms with E-state index in [0.717, 1.165) is 5.56 Å². The van der Waals surface area contributed by atoms with Crippen LogP contribution in [-0.2, 0) is 16.4 Å². The summed E-state index contributed by atoms with van der Waals surface area (Å²) in [7, 11) is -0.721. The molecule has 0 saturated carbocycles. The summed E-state index contributed by atoms with van der Waals surface area (Å²) in [4.78, 5) is 13.1. The monoisotopic (exact) mass is 442 g/mol. The number of benzene rings is 2. The van der Waals surface area contributed by atoms with Gasteiger partial charge < -0.3 is 14.8 Å². The van der Waals surface area contributed by atoms with Gasteiger partial charge in [-0.3, -0.25) is 15.2 Å². The third-order valence-electron chi connectivity index (χ3n) is 5.14. The van der Waals surface area contributed by atoms with Crippen molar-refractivity contribution in [2.24, 2.45) is 0 Å². The Morgan fingerprint density at radius 2 is 1.97 bits per heavy atom. The maximum atomic E-state index is 13.1. The second kappa shape index (κ2) is 8.05. The lowest BCUT2D eigenvalue weighted by Crippen LogP contribution is -2.23. The number of fused-ring (bicyclic) bond motifs is 1. The Hall–Kier alpha value is -3.37. The highest BCUT2D eigenvalue weighted by Gasteiger charge is 2.38. The van der Waals surface area contributed by atoms with E-state index >= 15 is 0 Å². The van der Waals surface area contributed by atoms with Crippen LogP contribution in [0.4, 0.5) is 5.82 Å². The highest BCUT2D eigenvalue weighted by Crippen LogP contribution is 2.36. The second-order valence-electron chi connectivity index (χ2n) is 7.11. The van der Waals surface area contributed by atoms with Gasteiger partial charge in [-0.15, -0.1) is 0 Å². The van der Waals surface area contributed by atoms with E-state index in [9.17, 15) is 13.2 Å². The molecule has 9 nitrogen and oxygen atoms in total. The molecule has 10 heteroatoms. The molecule has 0 spiro atoms. The molecule has 1 unspecified atom stereocenters. The average Bonchev–Trinajstić information content (AvgIpc) is 3.36. The van der Waals surface area contributed by atoms with Gasteiger partial charge in [-0.25, -0.2) is 8.42 Å². The number of methoxy groups -OCH3 is 2. The molecule has 2 aromatic carbocycles. The van der Waals surface area contributed by atoms with Gasteiger partial charge in [0.25, 0.3) is 5.91 Å². The van der Waals surface area contributed by atoms with Crippen LogP contribution in [0.3, 0.4) is 0 Å². The van der Waals surface area contributed by atoms with Gasteiger partial charge in [0.2, 0.25) is 0 Å². The van der Waals surface area contributed by atoms with E-state index in [1.807, 2.05) is 13.0 Å². The Bertz CT molecular complexity index is 1250. The van der Waals surface area contributed by atoms with E-state index in [1.165, 1.54) is 14.2 Å². The van der Waals surface area contributed by atoms with Crippen molar-refractivity contribution in [1.29, 1.82) is 0 Å². The maximum Gasteiger partial charge on any atom is 0.260 e. The third-order valence-corrected chi connectivity index (χ3v) is 7.07. The summed E-state index contributed by atoms with van der Waals surface area (Å²) in [5, 5.41) is 11.7. The normalized spacial score (nSPS) is 15.4. The minimum atomic E-state index is -3.69. The number of nitrogens with one attached hydrogen (secondary N) is 3. The average molecular weight is 442 g/mol. The third kappa shape index (κ3) is 3.75. The molecular formula is C21H22N4O5S. The standard InChI is InChI=1S/C21H22N4O5S/c1-12-5-4-6-14(9-12)31(27,28)21-18-16(11-22-21)19(25-24-18)23-20(26)15-10-13(29-2)7-8-17(15)30-3/h4-10,21-22H,11H2,1-3H3,(H2,23,24,25,26). The van der Waals surface area contributed by atoms with Crippen LogP contribution in [0, 0.1) is 6.92 Å². The number of sulfone groups is 1. The first-order valence-corrected chi connectivity index (χ1v) is 11.0. The summed E-state index contributed by atoms with van der Waals surface area (Å²) in [6, 6.07) is 11.6. The van der Waals surface area contributed by atoms with Gasteiger partial charge in [-0.1, -0.05) is 12.1 Å². The summed E-state index contributed by atoms with van der Waals surface area (Å²) < 4.78 is 36.7. The highest BCUT2D eigenvalue weighted by atomic mass is 32.2. The van der Waals surface area contributed by atoms with Gasteiger partial charge in [-0.2, -0.15) is 5.10 Å². The number of rotatable bonds is 6. The van der Waals surface area contributed by atoms with Gasteiger partial charge in [0.1, 0.15) is 11.5 Å². The van der Waals surface area contributed by atoms with Crippen LogP contribution in [0.25, 0.3) is 0 Å². The number of anilines is 1. The number of hydrogen-bond donors (Lipinski definition) is 3. The molecular weight excluding hydrogens is 420 g/mol. The van der Waals surface area contributed by atoms with Crippen LogP contribution in [0.1, 0.15) is 32.6 Å². The molecule has 1 atom stereocenters. The molecule has 0 bridgehead atoms. The predicted molar refractivity (Wildman–Crippen MR) is 114 cm³/mol. The number of ether oxygens (including phenoxy) is 2. The largest absolute Gasteiger partial charge is 0.497 e. The minimum Gasteiger partial charge on any atom is -0.497 e. The van der Waals surface area contributed by atoms with Crippen LogP contribution < -0.4 is 20.1 Å². The molecule has 162 valence electrons. The summed E-state index contributed by atoms with van der Waals surface area (Å²) in [6.45, 7) is 2.08. The lowest BCUT2D eigenvalue weighted by Gasteiger charge is -2.12. The van der Waals surface area contributed by atoms with Crippen molar-refractivity contribution in [3.8, 4) is 11.5 Å². The molecule has 1 aromatic heterocycles. The molecule has 1 amide bonds. The summed E-state index contributed by atoms with van der Waals surface area (Å²) in [5.41, 5.74) is 2.13. The molecule has 3 aromatic rings. The number of aryl methyl sites for hydroxylation is 1. The zero-order chi connectivity index (χ0) is 22.2. The first kappa shape index (κ1) is 20.9. The van der Waals surface area contributed by atoms with Crippen LogP contribution in [0.15, 0.2) is 47.4 Å². The lowest BCUT2D eigenvalue weighted by molar-refractivity contribution is 0.102. The molecule has 0 saturated heterocycles. The van der Waals surface area contributed by atoms with Crippen LogP contribution >= 0.6 is 0 Å². The van der Waals surface area contributed by atoms with Crippen molar-refractivity contribution >= 4 is 21.6 Å². The maximum absolute atomic E-state index is 13.1. The van der Waals surface area contributed by atoms with Gasteiger partial charge in [0.15, 0.2) is 21.0 Å². The van der Waals surface area contributed by atoms with Crippen molar-refractivity contribution in [3.63, 3.8) is 0 Å². The second-order valence-corrected chi connectivity index (χ2v) is 9.14. The summed E-state index contributed by atoms with van der Waals surface area (Å²) in [5.74, 6) is 0.696. The van der Waals surface area contributed by atoms with E-state index in [1.54, 1.807) is 36.4 Å². The number of hydrogen-bond acceptors (Lipinski definition) is 7. The molecule has 4 rings (SSSR count). The molecule has 0 fully saturated rings. The van der Waals surface area contributed by atoms with Gasteiger partial charge in [0, 0.05) is 12.1 Å². The van der Waals surface area contributed by atoms with Gasteiger partial charge in [-0.05, 0) is 42.8 Å². The SMILES string of the molecule is COc1ccc(OC)c(C(=O)Nc2n[nH]c3c2CNC3S(=O)(=O)c2cccc(C)c2)c1. The molecule has 1 aliphatic heterocycles. The predicted octanol–water partition coefficient (Wildman–Crippen LogP) is 2.56. The van der Waals surface area contributed by atoms with Crippen molar-refractivity contribution in [1.82, 2.24) is 15.5 Å². The fraction of sp³-hybridized carbons (Fsp3) is 0.238. The molecule has 0 aliphatic carbocycles. The van der Waals surface area contributed by atoms with E-state index < -0.39 is 21.1 Å². The zero-order valence-electron chi connectivity index (χ0n) is 17.2. The van der Waals surface area contributed by atoms with Crippen LogP contribution in [0.2, 0.25) is 0 Å². The number of H-pyrrole nitrogens is 1. The number of amides is 1. The highest BCUT2D eigenvalue weighted by molar-refractivity contribution is 7.91. The number of aromatic amines is 1. The Kier molecular flexibility index (Phi) is 5.42. The van der Waals surface area contributed by atoms with Crippen molar-refractivity contribution < 1.29 is 22.7 Å². The smallest absolute Gasteiger partial charge is 0.260 e. The Morgan fingerprint density at radius 1 is 1.16 bits per heavy atom.